The fraction of sp³-hybridized carbons (Fsp3) is 0.391. The monoisotopic (exact) mass is 397 g/mol. The molecule has 1 heterocycles. The first-order chi connectivity index (χ1) is 14.0. The largest absolute Gasteiger partial charge is 0.497 e. The summed E-state index contributed by atoms with van der Waals surface area (Å²) in [6.07, 6.45) is 1.95. The fourth-order valence-corrected chi connectivity index (χ4v) is 3.89. The first kappa shape index (κ1) is 20.7. The Labute approximate surface area is 171 Å². The van der Waals surface area contributed by atoms with Gasteiger partial charge in [-0.25, -0.2) is 0 Å². The highest BCUT2D eigenvalue weighted by Gasteiger charge is 2.32. The van der Waals surface area contributed by atoms with Gasteiger partial charge in [-0.15, -0.1) is 0 Å². The van der Waals surface area contributed by atoms with Crippen molar-refractivity contribution in [1.29, 1.82) is 0 Å². The second-order valence-corrected chi connectivity index (χ2v) is 7.11. The van der Waals surface area contributed by atoms with Crippen LogP contribution in [0.3, 0.4) is 0 Å². The lowest BCUT2D eigenvalue weighted by Crippen LogP contribution is -2.32. The number of likely N-dealkylation sites (tertiary alicyclic amines) is 1. The molecule has 6 heteroatoms. The maximum absolute atomic E-state index is 13.2. The second kappa shape index (κ2) is 8.99. The number of rotatable bonds is 7. The molecule has 154 valence electrons. The number of Topliss-reactive ketones (excluding diaryl/α,β-unsaturated/α-hetero) is 1. The molecule has 29 heavy (non-hydrogen) atoms. The highest BCUT2D eigenvalue weighted by Crippen LogP contribution is 2.39. The van der Waals surface area contributed by atoms with E-state index in [-0.39, 0.29) is 24.2 Å². The Morgan fingerprint density at radius 1 is 1.00 bits per heavy atom. The van der Waals surface area contributed by atoms with Crippen LogP contribution in [0.15, 0.2) is 36.4 Å². The van der Waals surface area contributed by atoms with E-state index in [2.05, 4.69) is 0 Å². The molecule has 0 saturated carbocycles. The summed E-state index contributed by atoms with van der Waals surface area (Å²) in [5.74, 6) is 2.04. The van der Waals surface area contributed by atoms with Crippen molar-refractivity contribution in [2.24, 2.45) is 0 Å². The van der Waals surface area contributed by atoms with Gasteiger partial charge in [0.25, 0.3) is 0 Å². The van der Waals surface area contributed by atoms with E-state index in [0.29, 0.717) is 23.4 Å². The lowest BCUT2D eigenvalue weighted by molar-refractivity contribution is -0.131. The molecule has 0 radical (unpaired) electrons. The maximum Gasteiger partial charge on any atom is 0.227 e. The van der Waals surface area contributed by atoms with Gasteiger partial charge in [0, 0.05) is 23.2 Å². The number of carbonyl (C=O) groups excluding carboxylic acids is 2. The van der Waals surface area contributed by atoms with Crippen LogP contribution in [0.4, 0.5) is 0 Å². The summed E-state index contributed by atoms with van der Waals surface area (Å²) < 4.78 is 16.3. The Morgan fingerprint density at radius 2 is 1.72 bits per heavy atom. The van der Waals surface area contributed by atoms with Gasteiger partial charge in [0.1, 0.15) is 17.2 Å². The molecule has 1 atom stereocenters. The van der Waals surface area contributed by atoms with Gasteiger partial charge in [-0.3, -0.25) is 9.59 Å². The Bertz CT molecular complexity index is 908. The molecule has 0 spiro atoms. The van der Waals surface area contributed by atoms with Gasteiger partial charge in [-0.1, -0.05) is 0 Å². The Morgan fingerprint density at radius 3 is 2.38 bits per heavy atom. The second-order valence-electron chi connectivity index (χ2n) is 7.11. The number of amides is 1. The predicted octanol–water partition coefficient (Wildman–Crippen LogP) is 3.82. The molecule has 0 N–H and O–H groups in total. The Balaban J connectivity index is 1.88. The van der Waals surface area contributed by atoms with E-state index in [1.165, 1.54) is 6.92 Å². The van der Waals surface area contributed by atoms with Crippen LogP contribution in [0.2, 0.25) is 0 Å². The topological polar surface area (TPSA) is 65.1 Å². The molecule has 1 aliphatic rings. The van der Waals surface area contributed by atoms with Crippen LogP contribution in [0.25, 0.3) is 0 Å². The first-order valence-electron chi connectivity index (χ1n) is 9.67. The van der Waals surface area contributed by atoms with Gasteiger partial charge in [0.2, 0.25) is 5.91 Å². The predicted molar refractivity (Wildman–Crippen MR) is 110 cm³/mol. The van der Waals surface area contributed by atoms with Gasteiger partial charge in [0.15, 0.2) is 5.78 Å². The lowest BCUT2D eigenvalue weighted by atomic mass is 10.0. The van der Waals surface area contributed by atoms with Crippen LogP contribution >= 0.6 is 0 Å². The molecular weight excluding hydrogens is 370 g/mol. The summed E-state index contributed by atoms with van der Waals surface area (Å²) >= 11 is 0. The van der Waals surface area contributed by atoms with Crippen molar-refractivity contribution < 1.29 is 23.8 Å². The number of ketones is 1. The van der Waals surface area contributed by atoms with Crippen molar-refractivity contribution in [3.05, 3.63) is 53.1 Å². The minimum atomic E-state index is -0.0745. The van der Waals surface area contributed by atoms with E-state index in [1.807, 2.05) is 23.1 Å². The van der Waals surface area contributed by atoms with Crippen LogP contribution in [-0.4, -0.2) is 44.5 Å². The van der Waals surface area contributed by atoms with Crippen molar-refractivity contribution in [1.82, 2.24) is 4.90 Å². The van der Waals surface area contributed by atoms with Crippen LogP contribution in [0, 0.1) is 0 Å². The van der Waals surface area contributed by atoms with Gasteiger partial charge in [-0.05, 0) is 56.2 Å². The number of carbonyl (C=O) groups is 2. The zero-order valence-electron chi connectivity index (χ0n) is 17.4. The average Bonchev–Trinajstić information content (AvgIpc) is 3.23. The molecule has 2 aromatic rings. The standard InChI is InChI=1S/C23H27NO5/c1-15(25)16-7-9-21(28-3)17(12-16)13-23(26)24-11-5-6-20(24)19-14-18(27-2)8-10-22(19)29-4/h7-10,12,14,20H,5-6,11,13H2,1-4H3/t20-/m1/s1. The minimum absolute atomic E-state index is 0.00336. The van der Waals surface area contributed by atoms with E-state index in [1.54, 1.807) is 39.5 Å². The summed E-state index contributed by atoms with van der Waals surface area (Å²) in [6, 6.07) is 10.8. The minimum Gasteiger partial charge on any atom is -0.497 e. The molecule has 6 nitrogen and oxygen atoms in total. The van der Waals surface area contributed by atoms with Gasteiger partial charge in [0.05, 0.1) is 33.8 Å². The van der Waals surface area contributed by atoms with Gasteiger partial charge in [-0.2, -0.15) is 0 Å². The highest BCUT2D eigenvalue weighted by molar-refractivity contribution is 5.94. The van der Waals surface area contributed by atoms with Crippen LogP contribution in [0.1, 0.15) is 47.3 Å². The third kappa shape index (κ3) is 4.36. The van der Waals surface area contributed by atoms with Gasteiger partial charge < -0.3 is 19.1 Å². The van der Waals surface area contributed by atoms with Crippen molar-refractivity contribution in [3.63, 3.8) is 0 Å². The third-order valence-corrected chi connectivity index (χ3v) is 5.40. The van der Waals surface area contributed by atoms with E-state index < -0.39 is 0 Å². The van der Waals surface area contributed by atoms with Crippen LogP contribution in [-0.2, 0) is 11.2 Å². The average molecular weight is 397 g/mol. The summed E-state index contributed by atoms with van der Waals surface area (Å²) in [5, 5.41) is 0. The van der Waals surface area contributed by atoms with Crippen molar-refractivity contribution in [3.8, 4) is 17.2 Å². The summed E-state index contributed by atoms with van der Waals surface area (Å²) in [5.41, 5.74) is 2.23. The lowest BCUT2D eigenvalue weighted by Gasteiger charge is -2.27. The molecule has 1 aliphatic heterocycles. The molecule has 2 aromatic carbocycles. The summed E-state index contributed by atoms with van der Waals surface area (Å²) in [4.78, 5) is 26.8. The first-order valence-corrected chi connectivity index (χ1v) is 9.67. The van der Waals surface area contributed by atoms with E-state index in [0.717, 1.165) is 29.9 Å². The zero-order valence-corrected chi connectivity index (χ0v) is 17.4. The zero-order chi connectivity index (χ0) is 21.0. The number of hydrogen-bond acceptors (Lipinski definition) is 5. The smallest absolute Gasteiger partial charge is 0.227 e. The number of hydrogen-bond donors (Lipinski definition) is 0. The van der Waals surface area contributed by atoms with Crippen molar-refractivity contribution in [2.45, 2.75) is 32.2 Å². The number of nitrogens with zero attached hydrogens (tertiary/aromatic N) is 1. The quantitative estimate of drug-likeness (QED) is 0.665. The Kier molecular flexibility index (Phi) is 6.42. The van der Waals surface area contributed by atoms with Crippen molar-refractivity contribution >= 4 is 11.7 Å². The molecule has 1 saturated heterocycles. The fourth-order valence-electron chi connectivity index (χ4n) is 3.89. The summed E-state index contributed by atoms with van der Waals surface area (Å²) in [7, 11) is 4.82. The molecular formula is C23H27NO5. The van der Waals surface area contributed by atoms with Crippen LogP contribution in [0.5, 0.6) is 17.2 Å². The van der Waals surface area contributed by atoms with E-state index >= 15 is 0 Å². The molecule has 0 aliphatic carbocycles. The molecule has 1 fully saturated rings. The summed E-state index contributed by atoms with van der Waals surface area (Å²) in [6.45, 7) is 2.19. The third-order valence-electron chi connectivity index (χ3n) is 5.40. The highest BCUT2D eigenvalue weighted by atomic mass is 16.5. The normalized spacial score (nSPS) is 15.9. The number of benzene rings is 2. The molecule has 0 bridgehead atoms. The van der Waals surface area contributed by atoms with E-state index in [4.69, 9.17) is 14.2 Å². The molecule has 0 unspecified atom stereocenters. The molecule has 3 rings (SSSR count). The number of ether oxygens (including phenoxy) is 3. The van der Waals surface area contributed by atoms with Crippen LogP contribution < -0.4 is 14.2 Å². The molecule has 1 amide bonds. The maximum atomic E-state index is 13.2. The number of methoxy groups -OCH3 is 3. The van der Waals surface area contributed by atoms with Crippen molar-refractivity contribution in [2.75, 3.05) is 27.9 Å². The molecule has 0 aromatic heterocycles. The Hall–Kier alpha value is -3.02. The SMILES string of the molecule is COc1ccc(OC)c([C@H]2CCCN2C(=O)Cc2cc(C(C)=O)ccc2OC)c1. The van der Waals surface area contributed by atoms with E-state index in [9.17, 15) is 9.59 Å². The van der Waals surface area contributed by atoms with Gasteiger partial charge >= 0.3 is 0 Å².